The van der Waals surface area contributed by atoms with E-state index >= 15 is 0 Å². The van der Waals surface area contributed by atoms with Crippen molar-refractivity contribution in [2.45, 2.75) is 38.1 Å². The number of rotatable bonds is 4. The van der Waals surface area contributed by atoms with Crippen molar-refractivity contribution in [1.29, 1.82) is 5.26 Å². The van der Waals surface area contributed by atoms with Crippen LogP contribution in [0.3, 0.4) is 0 Å². The van der Waals surface area contributed by atoms with Gasteiger partial charge in [-0.15, -0.1) is 10.2 Å². The van der Waals surface area contributed by atoms with Crippen molar-refractivity contribution in [3.05, 3.63) is 47.7 Å². The van der Waals surface area contributed by atoms with Crippen molar-refractivity contribution in [1.82, 2.24) is 10.2 Å². The van der Waals surface area contributed by atoms with Gasteiger partial charge in [-0.1, -0.05) is 31.4 Å². The quantitative estimate of drug-likeness (QED) is 0.901. The Labute approximate surface area is 140 Å². The molecular weight excluding hydrogens is 302 g/mol. The predicted octanol–water partition coefficient (Wildman–Crippen LogP) is 3.35. The van der Waals surface area contributed by atoms with Gasteiger partial charge >= 0.3 is 0 Å². The third-order valence-corrected chi connectivity index (χ3v) is 4.15. The number of aromatic nitrogens is 2. The lowest BCUT2D eigenvalue weighted by molar-refractivity contribution is 0.102. The fourth-order valence-electron chi connectivity index (χ4n) is 2.86. The lowest BCUT2D eigenvalue weighted by Crippen LogP contribution is -2.23. The molecule has 0 radical (unpaired) electrons. The normalized spacial score (nSPS) is 14.6. The zero-order valence-corrected chi connectivity index (χ0v) is 13.3. The van der Waals surface area contributed by atoms with Gasteiger partial charge in [0.25, 0.3) is 5.91 Å². The summed E-state index contributed by atoms with van der Waals surface area (Å²) in [6.07, 6.45) is 6.07. The summed E-state index contributed by atoms with van der Waals surface area (Å²) >= 11 is 0. The second kappa shape index (κ2) is 7.55. The van der Waals surface area contributed by atoms with E-state index in [0.29, 0.717) is 23.1 Å². The molecule has 2 N–H and O–H groups in total. The fourth-order valence-corrected chi connectivity index (χ4v) is 2.86. The molecule has 0 atom stereocenters. The summed E-state index contributed by atoms with van der Waals surface area (Å²) in [5.74, 6) is 0.310. The van der Waals surface area contributed by atoms with E-state index in [4.69, 9.17) is 5.26 Å². The van der Waals surface area contributed by atoms with Crippen LogP contribution in [0.4, 0.5) is 11.5 Å². The Bertz CT molecular complexity index is 745. The highest BCUT2D eigenvalue weighted by Gasteiger charge is 2.15. The van der Waals surface area contributed by atoms with Crippen LogP contribution in [0, 0.1) is 11.3 Å². The number of benzene rings is 1. The monoisotopic (exact) mass is 321 g/mol. The highest BCUT2D eigenvalue weighted by Crippen LogP contribution is 2.20. The maximum Gasteiger partial charge on any atom is 0.276 e. The van der Waals surface area contributed by atoms with Crippen molar-refractivity contribution in [2.75, 3.05) is 10.6 Å². The van der Waals surface area contributed by atoms with Crippen LogP contribution >= 0.6 is 0 Å². The van der Waals surface area contributed by atoms with Gasteiger partial charge in [0.15, 0.2) is 5.69 Å². The SMILES string of the molecule is N#Cc1ccccc1NC(=O)c1ccc(NC2CCCCC2)nn1. The third-order valence-electron chi connectivity index (χ3n) is 4.15. The molecule has 0 unspecified atom stereocenters. The number of nitriles is 1. The molecule has 0 bridgehead atoms. The van der Waals surface area contributed by atoms with Gasteiger partial charge in [0.05, 0.1) is 11.3 Å². The summed E-state index contributed by atoms with van der Waals surface area (Å²) in [5, 5.41) is 23.2. The van der Waals surface area contributed by atoms with Crippen LogP contribution in [0.15, 0.2) is 36.4 Å². The molecule has 24 heavy (non-hydrogen) atoms. The van der Waals surface area contributed by atoms with E-state index in [-0.39, 0.29) is 11.6 Å². The van der Waals surface area contributed by atoms with Crippen LogP contribution in [0.2, 0.25) is 0 Å². The highest BCUT2D eigenvalue weighted by molar-refractivity contribution is 6.03. The molecule has 3 rings (SSSR count). The molecule has 1 fully saturated rings. The molecule has 1 aliphatic carbocycles. The number of nitrogens with zero attached hydrogens (tertiary/aromatic N) is 3. The minimum Gasteiger partial charge on any atom is -0.366 e. The molecular formula is C18H19N5O. The van der Waals surface area contributed by atoms with Gasteiger partial charge in [-0.2, -0.15) is 5.26 Å². The van der Waals surface area contributed by atoms with Gasteiger partial charge in [-0.05, 0) is 37.1 Å². The molecule has 1 aromatic heterocycles. The molecule has 1 amide bonds. The van der Waals surface area contributed by atoms with E-state index in [0.717, 1.165) is 12.8 Å². The van der Waals surface area contributed by atoms with Gasteiger partial charge in [0, 0.05) is 6.04 Å². The predicted molar refractivity (Wildman–Crippen MR) is 91.6 cm³/mol. The van der Waals surface area contributed by atoms with Crippen molar-refractivity contribution in [3.63, 3.8) is 0 Å². The average Bonchev–Trinajstić information content (AvgIpc) is 2.63. The van der Waals surface area contributed by atoms with Gasteiger partial charge in [0.1, 0.15) is 11.9 Å². The summed E-state index contributed by atoms with van der Waals surface area (Å²) < 4.78 is 0. The average molecular weight is 321 g/mol. The van der Waals surface area contributed by atoms with Crippen LogP contribution in [0.25, 0.3) is 0 Å². The number of para-hydroxylation sites is 1. The summed E-state index contributed by atoms with van der Waals surface area (Å²) in [6, 6.07) is 12.7. The Morgan fingerprint density at radius 1 is 1.08 bits per heavy atom. The first kappa shape index (κ1) is 15.9. The zero-order valence-electron chi connectivity index (χ0n) is 13.3. The maximum absolute atomic E-state index is 12.2. The Morgan fingerprint density at radius 3 is 2.58 bits per heavy atom. The first-order chi connectivity index (χ1) is 11.8. The molecule has 1 aliphatic rings. The summed E-state index contributed by atoms with van der Waals surface area (Å²) in [7, 11) is 0. The minimum atomic E-state index is -0.380. The summed E-state index contributed by atoms with van der Waals surface area (Å²) in [5.41, 5.74) is 1.10. The van der Waals surface area contributed by atoms with E-state index in [1.165, 1.54) is 19.3 Å². The van der Waals surface area contributed by atoms with Crippen molar-refractivity contribution in [2.24, 2.45) is 0 Å². The van der Waals surface area contributed by atoms with Crippen molar-refractivity contribution >= 4 is 17.4 Å². The first-order valence-electron chi connectivity index (χ1n) is 8.17. The molecule has 6 nitrogen and oxygen atoms in total. The maximum atomic E-state index is 12.2. The lowest BCUT2D eigenvalue weighted by Gasteiger charge is -2.22. The lowest BCUT2D eigenvalue weighted by atomic mass is 9.95. The number of anilines is 2. The van der Waals surface area contributed by atoms with Crippen molar-refractivity contribution < 1.29 is 4.79 Å². The highest BCUT2D eigenvalue weighted by atomic mass is 16.1. The summed E-state index contributed by atoms with van der Waals surface area (Å²) in [4.78, 5) is 12.2. The second-order valence-electron chi connectivity index (χ2n) is 5.89. The second-order valence-corrected chi connectivity index (χ2v) is 5.89. The Hall–Kier alpha value is -2.94. The Kier molecular flexibility index (Phi) is 5.02. The van der Waals surface area contributed by atoms with E-state index in [1.807, 2.05) is 6.07 Å². The Morgan fingerprint density at radius 2 is 1.88 bits per heavy atom. The number of nitrogens with one attached hydrogen (secondary N) is 2. The molecule has 2 aromatic rings. The van der Waals surface area contributed by atoms with Crippen LogP contribution in [-0.4, -0.2) is 22.1 Å². The number of amides is 1. The fraction of sp³-hybridized carbons (Fsp3) is 0.333. The molecule has 0 spiro atoms. The Balaban J connectivity index is 1.64. The molecule has 1 heterocycles. The number of hydrogen-bond donors (Lipinski definition) is 2. The standard InChI is InChI=1S/C18H19N5O/c19-12-13-6-4-5-9-15(13)21-18(24)16-10-11-17(23-22-16)20-14-7-2-1-3-8-14/h4-6,9-11,14H,1-3,7-8H2,(H,20,23)(H,21,24). The van der Waals surface area contributed by atoms with Crippen LogP contribution in [0.1, 0.15) is 48.2 Å². The van der Waals surface area contributed by atoms with E-state index in [1.54, 1.807) is 36.4 Å². The molecule has 0 aliphatic heterocycles. The van der Waals surface area contributed by atoms with E-state index < -0.39 is 0 Å². The van der Waals surface area contributed by atoms with Crippen molar-refractivity contribution in [3.8, 4) is 6.07 Å². The largest absolute Gasteiger partial charge is 0.366 e. The topological polar surface area (TPSA) is 90.7 Å². The van der Waals surface area contributed by atoms with Gasteiger partial charge in [-0.25, -0.2) is 0 Å². The van der Waals surface area contributed by atoms with E-state index in [9.17, 15) is 4.79 Å². The number of carbonyl (C=O) groups excluding carboxylic acids is 1. The van der Waals surface area contributed by atoms with Crippen LogP contribution in [-0.2, 0) is 0 Å². The van der Waals surface area contributed by atoms with Crippen LogP contribution in [0.5, 0.6) is 0 Å². The summed E-state index contributed by atoms with van der Waals surface area (Å²) in [6.45, 7) is 0. The van der Waals surface area contributed by atoms with E-state index in [2.05, 4.69) is 20.8 Å². The van der Waals surface area contributed by atoms with Gasteiger partial charge in [0.2, 0.25) is 0 Å². The molecule has 1 saturated carbocycles. The van der Waals surface area contributed by atoms with Crippen LogP contribution < -0.4 is 10.6 Å². The molecule has 0 saturated heterocycles. The molecule has 6 heteroatoms. The molecule has 1 aromatic carbocycles. The van der Waals surface area contributed by atoms with Gasteiger partial charge in [-0.3, -0.25) is 4.79 Å². The molecule has 122 valence electrons. The minimum absolute atomic E-state index is 0.219. The number of hydrogen-bond acceptors (Lipinski definition) is 5. The third kappa shape index (κ3) is 3.87. The number of carbonyl (C=O) groups is 1. The zero-order chi connectivity index (χ0) is 16.8. The van der Waals surface area contributed by atoms with Gasteiger partial charge < -0.3 is 10.6 Å². The first-order valence-corrected chi connectivity index (χ1v) is 8.17. The smallest absolute Gasteiger partial charge is 0.276 e.